The zero-order valence-electron chi connectivity index (χ0n) is 15.1. The number of nitrogens with zero attached hydrogens (tertiary/aromatic N) is 4. The fraction of sp³-hybridized carbons (Fsp3) is 0.600. The van der Waals surface area contributed by atoms with Gasteiger partial charge in [0.15, 0.2) is 0 Å². The van der Waals surface area contributed by atoms with Crippen molar-refractivity contribution >= 4 is 5.91 Å². The molecular weight excluding hydrogens is 328 g/mol. The Labute approximate surface area is 154 Å². The topological polar surface area (TPSA) is 72.1 Å². The summed E-state index contributed by atoms with van der Waals surface area (Å²) in [6.45, 7) is 0.793. The second kappa shape index (κ2) is 7.98. The van der Waals surface area contributed by atoms with Crippen LogP contribution in [0.15, 0.2) is 28.9 Å². The van der Waals surface area contributed by atoms with Crippen molar-refractivity contribution in [3.05, 3.63) is 30.4 Å². The number of hydrogen-bond donors (Lipinski definition) is 0. The summed E-state index contributed by atoms with van der Waals surface area (Å²) in [5.74, 6) is 2.03. The standard InChI is InChI=1S/C20H26N4O2/c25-18(9-8-15-5-1-2-6-15)24-14-4-3-7-17(24)20-23-22-19(26-20)16-10-12-21-13-11-16/h10-13,15,17H,1-9,14H2/t17-/m1/s1. The monoisotopic (exact) mass is 354 g/mol. The second-order valence-corrected chi connectivity index (χ2v) is 7.47. The van der Waals surface area contributed by atoms with Gasteiger partial charge >= 0.3 is 0 Å². The molecule has 0 aromatic carbocycles. The van der Waals surface area contributed by atoms with Gasteiger partial charge in [0.2, 0.25) is 17.7 Å². The molecule has 1 saturated carbocycles. The van der Waals surface area contributed by atoms with Gasteiger partial charge in [-0.3, -0.25) is 9.78 Å². The van der Waals surface area contributed by atoms with E-state index in [1.54, 1.807) is 12.4 Å². The van der Waals surface area contributed by atoms with E-state index in [4.69, 9.17) is 4.42 Å². The van der Waals surface area contributed by atoms with Gasteiger partial charge in [0.05, 0.1) is 0 Å². The number of pyridine rings is 1. The molecule has 2 aromatic heterocycles. The van der Waals surface area contributed by atoms with Crippen LogP contribution in [-0.2, 0) is 4.79 Å². The van der Waals surface area contributed by atoms with Crippen molar-refractivity contribution < 1.29 is 9.21 Å². The Balaban J connectivity index is 1.45. The van der Waals surface area contributed by atoms with E-state index >= 15 is 0 Å². The molecule has 1 saturated heterocycles. The van der Waals surface area contributed by atoms with Gasteiger partial charge in [-0.1, -0.05) is 25.7 Å². The molecule has 2 aromatic rings. The van der Waals surface area contributed by atoms with E-state index in [1.165, 1.54) is 25.7 Å². The van der Waals surface area contributed by atoms with Gasteiger partial charge in [-0.15, -0.1) is 10.2 Å². The normalized spacial score (nSPS) is 21.2. The average Bonchev–Trinajstić information content (AvgIpc) is 3.39. The van der Waals surface area contributed by atoms with Crippen LogP contribution < -0.4 is 0 Å². The Bertz CT molecular complexity index is 724. The van der Waals surface area contributed by atoms with E-state index in [9.17, 15) is 4.79 Å². The lowest BCUT2D eigenvalue weighted by Crippen LogP contribution is -2.38. The van der Waals surface area contributed by atoms with E-state index in [1.807, 2.05) is 17.0 Å². The zero-order chi connectivity index (χ0) is 17.8. The molecule has 1 aliphatic heterocycles. The molecule has 4 rings (SSSR count). The van der Waals surface area contributed by atoms with Crippen molar-refractivity contribution in [3.63, 3.8) is 0 Å². The Morgan fingerprint density at radius 3 is 2.65 bits per heavy atom. The quantitative estimate of drug-likeness (QED) is 0.806. The highest BCUT2D eigenvalue weighted by Crippen LogP contribution is 2.34. The molecule has 1 atom stereocenters. The summed E-state index contributed by atoms with van der Waals surface area (Å²) < 4.78 is 5.92. The Kier molecular flexibility index (Phi) is 5.27. The predicted molar refractivity (Wildman–Crippen MR) is 97.0 cm³/mol. The third-order valence-corrected chi connectivity index (χ3v) is 5.72. The molecule has 26 heavy (non-hydrogen) atoms. The highest BCUT2D eigenvalue weighted by Gasteiger charge is 2.32. The van der Waals surface area contributed by atoms with Crippen molar-refractivity contribution in [3.8, 4) is 11.5 Å². The van der Waals surface area contributed by atoms with Crippen LogP contribution >= 0.6 is 0 Å². The molecule has 0 unspecified atom stereocenters. The first kappa shape index (κ1) is 17.2. The second-order valence-electron chi connectivity index (χ2n) is 7.47. The summed E-state index contributed by atoms with van der Waals surface area (Å²) in [6, 6.07) is 3.62. The van der Waals surface area contributed by atoms with E-state index in [0.717, 1.165) is 43.7 Å². The summed E-state index contributed by atoms with van der Waals surface area (Å²) in [5, 5.41) is 8.44. The summed E-state index contributed by atoms with van der Waals surface area (Å²) in [6.07, 6.45) is 13.3. The van der Waals surface area contributed by atoms with Gasteiger partial charge in [-0.25, -0.2) is 0 Å². The zero-order valence-corrected chi connectivity index (χ0v) is 15.1. The molecule has 138 valence electrons. The number of hydrogen-bond acceptors (Lipinski definition) is 5. The highest BCUT2D eigenvalue weighted by atomic mass is 16.4. The van der Waals surface area contributed by atoms with E-state index in [0.29, 0.717) is 18.2 Å². The van der Waals surface area contributed by atoms with E-state index in [-0.39, 0.29) is 11.9 Å². The Hall–Kier alpha value is -2.24. The summed E-state index contributed by atoms with van der Waals surface area (Å²) >= 11 is 0. The average molecular weight is 354 g/mol. The van der Waals surface area contributed by atoms with Crippen molar-refractivity contribution in [2.75, 3.05) is 6.54 Å². The van der Waals surface area contributed by atoms with Crippen LogP contribution in [0.5, 0.6) is 0 Å². The van der Waals surface area contributed by atoms with Crippen LogP contribution in [0.2, 0.25) is 0 Å². The SMILES string of the molecule is O=C(CCC1CCCC1)N1CCCC[C@@H]1c1nnc(-c2ccncc2)o1. The molecular formula is C20H26N4O2. The van der Waals surface area contributed by atoms with Gasteiger partial charge in [-0.05, 0) is 43.7 Å². The molecule has 0 spiro atoms. The molecule has 0 radical (unpaired) electrons. The van der Waals surface area contributed by atoms with Gasteiger partial charge < -0.3 is 9.32 Å². The molecule has 0 bridgehead atoms. The number of carbonyl (C=O) groups excluding carboxylic acids is 1. The fourth-order valence-corrected chi connectivity index (χ4v) is 4.24. The van der Waals surface area contributed by atoms with Crippen LogP contribution in [0.25, 0.3) is 11.5 Å². The van der Waals surface area contributed by atoms with Crippen molar-refractivity contribution in [2.45, 2.75) is 63.8 Å². The first-order valence-corrected chi connectivity index (χ1v) is 9.84. The molecule has 6 nitrogen and oxygen atoms in total. The summed E-state index contributed by atoms with van der Waals surface area (Å²) in [4.78, 5) is 18.8. The first-order valence-electron chi connectivity index (χ1n) is 9.84. The summed E-state index contributed by atoms with van der Waals surface area (Å²) in [5.41, 5.74) is 0.855. The van der Waals surface area contributed by atoms with E-state index in [2.05, 4.69) is 15.2 Å². The number of carbonyl (C=O) groups is 1. The highest BCUT2D eigenvalue weighted by molar-refractivity contribution is 5.76. The Morgan fingerprint density at radius 1 is 1.08 bits per heavy atom. The Morgan fingerprint density at radius 2 is 1.85 bits per heavy atom. The maximum absolute atomic E-state index is 12.8. The molecule has 2 fully saturated rings. The van der Waals surface area contributed by atoms with Gasteiger partial charge in [0.1, 0.15) is 6.04 Å². The van der Waals surface area contributed by atoms with Gasteiger partial charge in [-0.2, -0.15) is 0 Å². The van der Waals surface area contributed by atoms with Crippen LogP contribution in [0.4, 0.5) is 0 Å². The molecule has 0 N–H and O–H groups in total. The maximum atomic E-state index is 12.8. The molecule has 2 aliphatic rings. The van der Waals surface area contributed by atoms with Crippen molar-refractivity contribution in [2.24, 2.45) is 5.92 Å². The molecule has 1 amide bonds. The first-order chi connectivity index (χ1) is 12.8. The third kappa shape index (κ3) is 3.79. The fourth-order valence-electron chi connectivity index (χ4n) is 4.24. The molecule has 1 aliphatic carbocycles. The maximum Gasteiger partial charge on any atom is 0.247 e. The number of aromatic nitrogens is 3. The van der Waals surface area contributed by atoms with Gasteiger partial charge in [0, 0.05) is 30.9 Å². The largest absolute Gasteiger partial charge is 0.418 e. The third-order valence-electron chi connectivity index (χ3n) is 5.72. The molecule has 6 heteroatoms. The minimum Gasteiger partial charge on any atom is -0.418 e. The summed E-state index contributed by atoms with van der Waals surface area (Å²) in [7, 11) is 0. The lowest BCUT2D eigenvalue weighted by molar-refractivity contribution is -0.136. The number of rotatable bonds is 5. The van der Waals surface area contributed by atoms with Crippen molar-refractivity contribution in [1.29, 1.82) is 0 Å². The molecule has 3 heterocycles. The number of likely N-dealkylation sites (tertiary alicyclic amines) is 1. The minimum absolute atomic E-state index is 0.0806. The minimum atomic E-state index is -0.0806. The smallest absolute Gasteiger partial charge is 0.247 e. The number of amides is 1. The van der Waals surface area contributed by atoms with Crippen LogP contribution in [0, 0.1) is 5.92 Å². The van der Waals surface area contributed by atoms with E-state index < -0.39 is 0 Å². The van der Waals surface area contributed by atoms with Crippen LogP contribution in [-0.4, -0.2) is 32.5 Å². The van der Waals surface area contributed by atoms with Crippen LogP contribution in [0.1, 0.15) is 69.7 Å². The predicted octanol–water partition coefficient (Wildman–Crippen LogP) is 4.16. The lowest BCUT2D eigenvalue weighted by Gasteiger charge is -2.33. The van der Waals surface area contributed by atoms with Crippen molar-refractivity contribution in [1.82, 2.24) is 20.1 Å². The lowest BCUT2D eigenvalue weighted by atomic mass is 9.98. The van der Waals surface area contributed by atoms with Crippen LogP contribution in [0.3, 0.4) is 0 Å². The number of piperidine rings is 1. The van der Waals surface area contributed by atoms with Gasteiger partial charge in [0.25, 0.3) is 0 Å².